The normalized spacial score (nSPS) is 44.6. The van der Waals surface area contributed by atoms with E-state index < -0.39 is 9.04 Å². The quantitative estimate of drug-likeness (QED) is 0.642. The zero-order valence-electron chi connectivity index (χ0n) is 14.4. The molecule has 0 N–H and O–H groups in total. The van der Waals surface area contributed by atoms with E-state index in [2.05, 4.69) is 20.8 Å². The molecule has 0 saturated heterocycles. The Hall–Kier alpha value is 0.394. The van der Waals surface area contributed by atoms with E-state index in [1.807, 2.05) is 0 Å². The Morgan fingerprint density at radius 1 is 0.714 bits per heavy atom. The standard InChI is InChI=1S/C18H35OSi2/c1-13-4-7-16(10-13)20-19-21(17-8-5-14(2)11-17)18-9-6-15(3)12-18/h13-18H,4-12,20H2,1-3H3. The summed E-state index contributed by atoms with van der Waals surface area (Å²) in [4.78, 5) is 0. The molecule has 3 fully saturated rings. The molecule has 3 heteroatoms. The zero-order chi connectivity index (χ0) is 14.8. The van der Waals surface area contributed by atoms with Crippen LogP contribution in [-0.2, 0) is 4.12 Å². The Kier molecular flexibility index (Phi) is 5.66. The molecule has 0 bridgehead atoms. The molecule has 121 valence electrons. The highest BCUT2D eigenvalue weighted by Crippen LogP contribution is 2.47. The van der Waals surface area contributed by atoms with Crippen molar-refractivity contribution >= 4 is 18.8 Å². The van der Waals surface area contributed by atoms with E-state index in [4.69, 9.17) is 4.12 Å². The molecule has 3 aliphatic carbocycles. The Morgan fingerprint density at radius 3 is 1.67 bits per heavy atom. The van der Waals surface area contributed by atoms with E-state index >= 15 is 0 Å². The third-order valence-electron chi connectivity index (χ3n) is 6.48. The fourth-order valence-corrected chi connectivity index (χ4v) is 12.7. The van der Waals surface area contributed by atoms with Crippen LogP contribution in [0.4, 0.5) is 0 Å². The van der Waals surface area contributed by atoms with Crippen LogP contribution in [0.3, 0.4) is 0 Å². The largest absolute Gasteiger partial charge is 0.460 e. The van der Waals surface area contributed by atoms with Crippen LogP contribution in [0.5, 0.6) is 0 Å². The predicted octanol–water partition coefficient (Wildman–Crippen LogP) is 5.07. The van der Waals surface area contributed by atoms with E-state index in [1.165, 1.54) is 57.8 Å². The van der Waals surface area contributed by atoms with Crippen molar-refractivity contribution < 1.29 is 4.12 Å². The lowest BCUT2D eigenvalue weighted by molar-refractivity contribution is 0.512. The maximum absolute atomic E-state index is 6.88. The average Bonchev–Trinajstić information content (AvgIpc) is 3.14. The molecule has 0 spiro atoms. The van der Waals surface area contributed by atoms with Gasteiger partial charge in [0.25, 0.3) is 0 Å². The lowest BCUT2D eigenvalue weighted by Crippen LogP contribution is -2.31. The highest BCUT2D eigenvalue weighted by Gasteiger charge is 2.40. The Bertz CT molecular complexity index is 315. The summed E-state index contributed by atoms with van der Waals surface area (Å²) in [5.74, 6) is 2.94. The van der Waals surface area contributed by atoms with E-state index in [-0.39, 0.29) is 9.76 Å². The Morgan fingerprint density at radius 2 is 1.24 bits per heavy atom. The van der Waals surface area contributed by atoms with Crippen molar-refractivity contribution in [1.82, 2.24) is 0 Å². The van der Waals surface area contributed by atoms with Crippen molar-refractivity contribution in [3.8, 4) is 0 Å². The Labute approximate surface area is 136 Å². The maximum atomic E-state index is 6.88. The molecular formula is C18H35OSi2. The third-order valence-corrected chi connectivity index (χ3v) is 12.4. The molecule has 0 aliphatic heterocycles. The van der Waals surface area contributed by atoms with Gasteiger partial charge in [-0.25, -0.2) is 0 Å². The molecule has 3 saturated carbocycles. The summed E-state index contributed by atoms with van der Waals surface area (Å²) in [6.45, 7) is 7.37. The fourth-order valence-electron chi connectivity index (χ4n) is 5.19. The predicted molar refractivity (Wildman–Crippen MR) is 95.7 cm³/mol. The van der Waals surface area contributed by atoms with E-state index in [0.717, 1.165) is 34.4 Å². The van der Waals surface area contributed by atoms with E-state index in [9.17, 15) is 0 Å². The first-order valence-electron chi connectivity index (χ1n) is 9.61. The van der Waals surface area contributed by atoms with Gasteiger partial charge in [0.2, 0.25) is 9.04 Å². The van der Waals surface area contributed by atoms with Gasteiger partial charge in [0.05, 0.1) is 0 Å². The summed E-state index contributed by atoms with van der Waals surface area (Å²) < 4.78 is 6.88. The molecular weight excluding hydrogens is 288 g/mol. The van der Waals surface area contributed by atoms with Gasteiger partial charge in [-0.3, -0.25) is 0 Å². The number of hydrogen-bond donors (Lipinski definition) is 0. The monoisotopic (exact) mass is 323 g/mol. The van der Waals surface area contributed by atoms with Crippen molar-refractivity contribution in [2.75, 3.05) is 0 Å². The molecule has 6 unspecified atom stereocenters. The fraction of sp³-hybridized carbons (Fsp3) is 1.00. The van der Waals surface area contributed by atoms with Crippen molar-refractivity contribution in [3.05, 3.63) is 0 Å². The second-order valence-corrected chi connectivity index (χ2v) is 13.8. The Balaban J connectivity index is 1.56. The van der Waals surface area contributed by atoms with Crippen LogP contribution in [0.1, 0.15) is 78.6 Å². The topological polar surface area (TPSA) is 9.23 Å². The van der Waals surface area contributed by atoms with Crippen LogP contribution < -0.4 is 0 Å². The minimum absolute atomic E-state index is 0.247. The molecule has 0 aromatic heterocycles. The summed E-state index contributed by atoms with van der Waals surface area (Å²) in [6, 6.07) is 0. The van der Waals surface area contributed by atoms with Crippen molar-refractivity contribution in [2.45, 2.75) is 95.2 Å². The summed E-state index contributed by atoms with van der Waals surface area (Å²) in [5, 5.41) is 0. The molecule has 0 amide bonds. The number of rotatable bonds is 5. The molecule has 1 radical (unpaired) electrons. The molecule has 0 aromatic carbocycles. The minimum atomic E-state index is -0.508. The van der Waals surface area contributed by atoms with Gasteiger partial charge < -0.3 is 4.12 Å². The third kappa shape index (κ3) is 4.23. The van der Waals surface area contributed by atoms with Crippen LogP contribution in [-0.4, -0.2) is 18.8 Å². The van der Waals surface area contributed by atoms with Gasteiger partial charge >= 0.3 is 0 Å². The van der Waals surface area contributed by atoms with Gasteiger partial charge in [0, 0.05) is 0 Å². The first-order chi connectivity index (χ1) is 10.1. The van der Waals surface area contributed by atoms with Crippen molar-refractivity contribution in [3.63, 3.8) is 0 Å². The van der Waals surface area contributed by atoms with Crippen LogP contribution in [0.2, 0.25) is 16.6 Å². The molecule has 0 heterocycles. The highest BCUT2D eigenvalue weighted by molar-refractivity contribution is 6.61. The first kappa shape index (κ1) is 16.3. The lowest BCUT2D eigenvalue weighted by Gasteiger charge is -2.28. The number of hydrogen-bond acceptors (Lipinski definition) is 1. The van der Waals surface area contributed by atoms with Crippen LogP contribution in [0.15, 0.2) is 0 Å². The van der Waals surface area contributed by atoms with Crippen molar-refractivity contribution in [2.24, 2.45) is 17.8 Å². The second kappa shape index (κ2) is 7.31. The smallest absolute Gasteiger partial charge is 0.204 e. The first-order valence-corrected chi connectivity index (χ1v) is 12.6. The molecule has 3 aliphatic rings. The average molecular weight is 324 g/mol. The SMILES string of the molecule is CC1CCC([SiH2]O[Si](C2CCC(C)C2)C2CCC(C)C2)C1. The summed E-state index contributed by atoms with van der Waals surface area (Å²) >= 11 is 0. The van der Waals surface area contributed by atoms with E-state index in [0.29, 0.717) is 0 Å². The summed E-state index contributed by atoms with van der Waals surface area (Å²) in [7, 11) is -0.755. The van der Waals surface area contributed by atoms with Gasteiger partial charge in [-0.05, 0) is 53.6 Å². The van der Waals surface area contributed by atoms with Crippen molar-refractivity contribution in [1.29, 1.82) is 0 Å². The molecule has 3 rings (SSSR count). The summed E-state index contributed by atoms with van der Waals surface area (Å²) in [5.41, 5.74) is 3.04. The second-order valence-electron chi connectivity index (χ2n) is 8.73. The van der Waals surface area contributed by atoms with Crippen LogP contribution in [0, 0.1) is 17.8 Å². The van der Waals surface area contributed by atoms with Crippen LogP contribution in [0.25, 0.3) is 0 Å². The molecule has 21 heavy (non-hydrogen) atoms. The van der Waals surface area contributed by atoms with Gasteiger partial charge in [0.15, 0.2) is 0 Å². The molecule has 1 nitrogen and oxygen atoms in total. The van der Waals surface area contributed by atoms with Gasteiger partial charge in [-0.1, -0.05) is 59.3 Å². The minimum Gasteiger partial charge on any atom is -0.460 e. The maximum Gasteiger partial charge on any atom is 0.204 e. The zero-order valence-corrected chi connectivity index (χ0v) is 16.9. The van der Waals surface area contributed by atoms with Gasteiger partial charge in [0.1, 0.15) is 9.76 Å². The van der Waals surface area contributed by atoms with E-state index in [1.54, 1.807) is 0 Å². The molecule has 0 aromatic rings. The summed E-state index contributed by atoms with van der Waals surface area (Å²) in [6.07, 6.45) is 13.4. The van der Waals surface area contributed by atoms with Gasteiger partial charge in [-0.2, -0.15) is 0 Å². The lowest BCUT2D eigenvalue weighted by atomic mass is 10.1. The van der Waals surface area contributed by atoms with Gasteiger partial charge in [-0.15, -0.1) is 0 Å². The molecule has 6 atom stereocenters. The van der Waals surface area contributed by atoms with Crippen LogP contribution >= 0.6 is 0 Å². The highest BCUT2D eigenvalue weighted by atomic mass is 28.3.